The van der Waals surface area contributed by atoms with Gasteiger partial charge in [0.15, 0.2) is 6.29 Å². The number of ether oxygens (including phenoxy) is 1. The molecule has 0 amide bonds. The van der Waals surface area contributed by atoms with Gasteiger partial charge in [-0.25, -0.2) is 0 Å². The first-order valence-electron chi connectivity index (χ1n) is 3.25. The quantitative estimate of drug-likeness (QED) is 0.708. The third-order valence-electron chi connectivity index (χ3n) is 1.21. The molecule has 4 heteroatoms. The van der Waals surface area contributed by atoms with Crippen molar-refractivity contribution >= 4 is 29.5 Å². The number of halogens is 2. The van der Waals surface area contributed by atoms with Crippen molar-refractivity contribution in [2.24, 2.45) is 0 Å². The van der Waals surface area contributed by atoms with Gasteiger partial charge in [0.05, 0.1) is 10.0 Å². The SMILES string of the molecule is O=CCOc1ccc(Cl)c(Cl)c1. The van der Waals surface area contributed by atoms with Crippen LogP contribution in [-0.2, 0) is 4.79 Å². The van der Waals surface area contributed by atoms with E-state index in [0.717, 1.165) is 0 Å². The fraction of sp³-hybridized carbons (Fsp3) is 0.125. The van der Waals surface area contributed by atoms with Crippen LogP contribution in [-0.4, -0.2) is 12.9 Å². The third-order valence-corrected chi connectivity index (χ3v) is 1.95. The Morgan fingerprint density at radius 2 is 2.08 bits per heavy atom. The highest BCUT2D eigenvalue weighted by Gasteiger charge is 1.98. The van der Waals surface area contributed by atoms with Crippen molar-refractivity contribution in [3.8, 4) is 5.75 Å². The van der Waals surface area contributed by atoms with Gasteiger partial charge in [-0.05, 0) is 12.1 Å². The van der Waals surface area contributed by atoms with E-state index in [2.05, 4.69) is 0 Å². The lowest BCUT2D eigenvalue weighted by molar-refractivity contribution is -0.109. The molecule has 2 nitrogen and oxygen atoms in total. The summed E-state index contributed by atoms with van der Waals surface area (Å²) in [6.07, 6.45) is 0.669. The van der Waals surface area contributed by atoms with E-state index in [-0.39, 0.29) is 6.61 Å². The molecular formula is C8H6Cl2O2. The first-order valence-corrected chi connectivity index (χ1v) is 4.01. The maximum Gasteiger partial charge on any atom is 0.157 e. The molecule has 0 unspecified atom stereocenters. The molecule has 0 atom stereocenters. The normalized spacial score (nSPS) is 9.50. The number of benzene rings is 1. The van der Waals surface area contributed by atoms with Gasteiger partial charge < -0.3 is 4.74 Å². The fourth-order valence-corrected chi connectivity index (χ4v) is 0.985. The molecule has 0 spiro atoms. The monoisotopic (exact) mass is 204 g/mol. The van der Waals surface area contributed by atoms with Gasteiger partial charge in [-0.3, -0.25) is 4.79 Å². The van der Waals surface area contributed by atoms with Crippen LogP contribution in [0.1, 0.15) is 0 Å². The van der Waals surface area contributed by atoms with Gasteiger partial charge in [-0.2, -0.15) is 0 Å². The minimum Gasteiger partial charge on any atom is -0.486 e. The van der Waals surface area contributed by atoms with Crippen LogP contribution in [0.15, 0.2) is 18.2 Å². The summed E-state index contributed by atoms with van der Waals surface area (Å²) >= 11 is 11.4. The molecule has 0 N–H and O–H groups in total. The van der Waals surface area contributed by atoms with Crippen molar-refractivity contribution in [2.75, 3.05) is 6.61 Å². The topological polar surface area (TPSA) is 26.3 Å². The molecule has 0 aliphatic heterocycles. The Kier molecular flexibility index (Phi) is 3.38. The summed E-state index contributed by atoms with van der Waals surface area (Å²) in [4.78, 5) is 9.95. The predicted molar refractivity (Wildman–Crippen MR) is 48.0 cm³/mol. The van der Waals surface area contributed by atoms with E-state index in [9.17, 15) is 4.79 Å². The van der Waals surface area contributed by atoms with Gasteiger partial charge in [0, 0.05) is 6.07 Å². The van der Waals surface area contributed by atoms with Crippen molar-refractivity contribution in [1.29, 1.82) is 0 Å². The zero-order valence-electron chi connectivity index (χ0n) is 6.09. The second kappa shape index (κ2) is 4.33. The number of aldehydes is 1. The highest BCUT2D eigenvalue weighted by atomic mass is 35.5. The van der Waals surface area contributed by atoms with Gasteiger partial charge in [-0.15, -0.1) is 0 Å². The lowest BCUT2D eigenvalue weighted by Gasteiger charge is -2.02. The van der Waals surface area contributed by atoms with Crippen LogP contribution in [0.2, 0.25) is 10.0 Å². The number of rotatable bonds is 3. The van der Waals surface area contributed by atoms with Gasteiger partial charge in [0.1, 0.15) is 12.4 Å². The van der Waals surface area contributed by atoms with Gasteiger partial charge in [0.2, 0.25) is 0 Å². The molecule has 0 heterocycles. The first-order chi connectivity index (χ1) is 5.74. The molecule has 0 bridgehead atoms. The highest BCUT2D eigenvalue weighted by molar-refractivity contribution is 6.42. The number of hydrogen-bond acceptors (Lipinski definition) is 2. The maximum absolute atomic E-state index is 9.95. The molecule has 0 saturated heterocycles. The van der Waals surface area contributed by atoms with E-state index < -0.39 is 0 Å². The second-order valence-electron chi connectivity index (χ2n) is 2.05. The number of carbonyl (C=O) groups is 1. The average Bonchev–Trinajstić information content (AvgIpc) is 2.07. The van der Waals surface area contributed by atoms with Crippen molar-refractivity contribution in [1.82, 2.24) is 0 Å². The number of carbonyl (C=O) groups excluding carboxylic acids is 1. The molecule has 0 aliphatic carbocycles. The lowest BCUT2D eigenvalue weighted by Crippen LogP contribution is -1.97. The van der Waals surface area contributed by atoms with Crippen LogP contribution in [0.3, 0.4) is 0 Å². The summed E-state index contributed by atoms with van der Waals surface area (Å²) in [7, 11) is 0. The molecule has 0 aliphatic rings. The standard InChI is InChI=1S/C8H6Cl2O2/c9-7-2-1-6(5-8(7)10)12-4-3-11/h1-3,5H,4H2. The molecule has 1 aromatic carbocycles. The molecule has 0 radical (unpaired) electrons. The Morgan fingerprint density at radius 1 is 1.33 bits per heavy atom. The summed E-state index contributed by atoms with van der Waals surface area (Å²) < 4.78 is 4.98. The average molecular weight is 205 g/mol. The maximum atomic E-state index is 9.95. The van der Waals surface area contributed by atoms with E-state index in [1.165, 1.54) is 0 Å². The summed E-state index contributed by atoms with van der Waals surface area (Å²) in [5.74, 6) is 0.538. The Morgan fingerprint density at radius 3 is 2.67 bits per heavy atom. The van der Waals surface area contributed by atoms with E-state index in [1.807, 2.05) is 0 Å². The number of hydrogen-bond donors (Lipinski definition) is 0. The molecule has 64 valence electrons. The zero-order chi connectivity index (χ0) is 8.97. The predicted octanol–water partition coefficient (Wildman–Crippen LogP) is 2.57. The van der Waals surface area contributed by atoms with Gasteiger partial charge >= 0.3 is 0 Å². The third kappa shape index (κ3) is 2.40. The van der Waals surface area contributed by atoms with Crippen molar-refractivity contribution in [3.05, 3.63) is 28.2 Å². The summed E-state index contributed by atoms with van der Waals surface area (Å²) in [5.41, 5.74) is 0. The Balaban J connectivity index is 2.75. The molecule has 0 saturated carbocycles. The summed E-state index contributed by atoms with van der Waals surface area (Å²) in [6.45, 7) is 0.0258. The molecule has 12 heavy (non-hydrogen) atoms. The van der Waals surface area contributed by atoms with Crippen LogP contribution < -0.4 is 4.74 Å². The molecular weight excluding hydrogens is 199 g/mol. The lowest BCUT2D eigenvalue weighted by atomic mass is 10.3. The molecule has 1 aromatic rings. The Labute approximate surface area is 80.0 Å². The minimum atomic E-state index is 0.0258. The summed E-state index contributed by atoms with van der Waals surface area (Å²) in [6, 6.07) is 4.83. The van der Waals surface area contributed by atoms with Crippen LogP contribution in [0.25, 0.3) is 0 Å². The molecule has 0 fully saturated rings. The van der Waals surface area contributed by atoms with Crippen LogP contribution in [0.5, 0.6) is 5.75 Å². The highest BCUT2D eigenvalue weighted by Crippen LogP contribution is 2.25. The van der Waals surface area contributed by atoms with E-state index in [1.54, 1.807) is 18.2 Å². The van der Waals surface area contributed by atoms with Crippen molar-refractivity contribution in [2.45, 2.75) is 0 Å². The van der Waals surface area contributed by atoms with Crippen molar-refractivity contribution < 1.29 is 9.53 Å². The molecule has 1 rings (SSSR count). The Bertz CT molecular complexity index is 286. The largest absolute Gasteiger partial charge is 0.486 e. The van der Waals surface area contributed by atoms with Crippen molar-refractivity contribution in [3.63, 3.8) is 0 Å². The minimum absolute atomic E-state index is 0.0258. The molecule has 0 aromatic heterocycles. The van der Waals surface area contributed by atoms with Crippen LogP contribution in [0.4, 0.5) is 0 Å². The van der Waals surface area contributed by atoms with E-state index >= 15 is 0 Å². The smallest absolute Gasteiger partial charge is 0.157 e. The van der Waals surface area contributed by atoms with Crippen LogP contribution >= 0.6 is 23.2 Å². The van der Waals surface area contributed by atoms with Gasteiger partial charge in [0.25, 0.3) is 0 Å². The van der Waals surface area contributed by atoms with Gasteiger partial charge in [-0.1, -0.05) is 23.2 Å². The zero-order valence-corrected chi connectivity index (χ0v) is 7.60. The van der Waals surface area contributed by atoms with Crippen LogP contribution in [0, 0.1) is 0 Å². The van der Waals surface area contributed by atoms with E-state index in [0.29, 0.717) is 22.1 Å². The fourth-order valence-electron chi connectivity index (χ4n) is 0.697. The summed E-state index contributed by atoms with van der Waals surface area (Å²) in [5, 5.41) is 0.884. The van der Waals surface area contributed by atoms with E-state index in [4.69, 9.17) is 27.9 Å². The Hall–Kier alpha value is -0.730. The first kappa shape index (κ1) is 9.36. The second-order valence-corrected chi connectivity index (χ2v) is 2.87.